The predicted octanol–water partition coefficient (Wildman–Crippen LogP) is 0.938. The van der Waals surface area contributed by atoms with E-state index in [2.05, 4.69) is 15.3 Å². The lowest BCUT2D eigenvalue weighted by atomic mass is 10.1. The Bertz CT molecular complexity index is 331. The average Bonchev–Trinajstić information content (AvgIpc) is 2.88. The van der Waals surface area contributed by atoms with Crippen molar-refractivity contribution in [2.24, 2.45) is 0 Å². The van der Waals surface area contributed by atoms with E-state index in [9.17, 15) is 4.79 Å². The van der Waals surface area contributed by atoms with Crippen molar-refractivity contribution in [2.75, 3.05) is 0 Å². The van der Waals surface area contributed by atoms with Crippen molar-refractivity contribution in [3.8, 4) is 0 Å². The molecule has 1 aromatic heterocycles. The van der Waals surface area contributed by atoms with Gasteiger partial charge in [0, 0.05) is 18.7 Å². The minimum Gasteiger partial charge on any atom is -0.480 e. The van der Waals surface area contributed by atoms with Gasteiger partial charge in [0.25, 0.3) is 0 Å². The number of hydrogen-bond acceptors (Lipinski definition) is 3. The lowest BCUT2D eigenvalue weighted by molar-refractivity contribution is -0.139. The van der Waals surface area contributed by atoms with Crippen LogP contribution in [0.4, 0.5) is 0 Å². The molecule has 1 aliphatic rings. The summed E-state index contributed by atoms with van der Waals surface area (Å²) in [5.41, 5.74) is 0.790. The number of nitrogens with zero attached hydrogens (tertiary/aromatic N) is 1. The zero-order chi connectivity index (χ0) is 11.4. The molecule has 1 saturated carbocycles. The van der Waals surface area contributed by atoms with Crippen LogP contribution in [0.15, 0.2) is 12.5 Å². The first kappa shape index (κ1) is 11.1. The highest BCUT2D eigenvalue weighted by Crippen LogP contribution is 2.18. The Kier molecular flexibility index (Phi) is 3.56. The van der Waals surface area contributed by atoms with Crippen LogP contribution in [0.2, 0.25) is 0 Å². The van der Waals surface area contributed by atoms with Crippen molar-refractivity contribution in [1.82, 2.24) is 15.3 Å². The molecule has 2 rings (SSSR count). The lowest BCUT2D eigenvalue weighted by Crippen LogP contribution is -2.43. The van der Waals surface area contributed by atoms with E-state index in [1.807, 2.05) is 0 Å². The van der Waals surface area contributed by atoms with Crippen LogP contribution in [0.3, 0.4) is 0 Å². The summed E-state index contributed by atoms with van der Waals surface area (Å²) in [6.07, 6.45) is 8.33. The minimum atomic E-state index is -0.796. The van der Waals surface area contributed by atoms with Gasteiger partial charge in [-0.15, -0.1) is 0 Å². The number of H-pyrrole nitrogens is 1. The Hall–Kier alpha value is -1.36. The smallest absolute Gasteiger partial charge is 0.321 e. The van der Waals surface area contributed by atoms with E-state index in [1.54, 1.807) is 12.5 Å². The summed E-state index contributed by atoms with van der Waals surface area (Å²) >= 11 is 0. The van der Waals surface area contributed by atoms with Crippen LogP contribution in [-0.2, 0) is 11.2 Å². The zero-order valence-electron chi connectivity index (χ0n) is 9.15. The standard InChI is InChI=1S/C11H17N3O2/c15-11(16)10(5-9-6-12-7-13-9)14-8-3-1-2-4-8/h6-8,10,14H,1-5H2,(H,12,13)(H,15,16). The molecule has 1 heterocycles. The summed E-state index contributed by atoms with van der Waals surface area (Å²) in [5, 5.41) is 12.3. The lowest BCUT2D eigenvalue weighted by Gasteiger charge is -2.18. The van der Waals surface area contributed by atoms with Crippen molar-refractivity contribution in [3.63, 3.8) is 0 Å². The van der Waals surface area contributed by atoms with Crippen LogP contribution in [0.1, 0.15) is 31.4 Å². The van der Waals surface area contributed by atoms with Crippen LogP contribution < -0.4 is 5.32 Å². The van der Waals surface area contributed by atoms with Crippen molar-refractivity contribution in [2.45, 2.75) is 44.2 Å². The number of hydrogen-bond donors (Lipinski definition) is 3. The van der Waals surface area contributed by atoms with Gasteiger partial charge in [0.15, 0.2) is 0 Å². The molecule has 5 heteroatoms. The van der Waals surface area contributed by atoms with E-state index in [-0.39, 0.29) is 0 Å². The molecule has 1 fully saturated rings. The maximum Gasteiger partial charge on any atom is 0.321 e. The van der Waals surface area contributed by atoms with Gasteiger partial charge in [-0.05, 0) is 12.8 Å². The largest absolute Gasteiger partial charge is 0.480 e. The van der Waals surface area contributed by atoms with Crippen molar-refractivity contribution in [3.05, 3.63) is 18.2 Å². The van der Waals surface area contributed by atoms with Gasteiger partial charge in [-0.25, -0.2) is 4.98 Å². The first-order chi connectivity index (χ1) is 7.75. The van der Waals surface area contributed by atoms with Crippen LogP contribution in [0.25, 0.3) is 0 Å². The van der Waals surface area contributed by atoms with Gasteiger partial charge in [-0.3, -0.25) is 4.79 Å². The van der Waals surface area contributed by atoms with E-state index >= 15 is 0 Å². The highest BCUT2D eigenvalue weighted by molar-refractivity contribution is 5.73. The Morgan fingerprint density at radius 1 is 1.62 bits per heavy atom. The van der Waals surface area contributed by atoms with Gasteiger partial charge < -0.3 is 15.4 Å². The molecule has 1 aliphatic carbocycles. The fraction of sp³-hybridized carbons (Fsp3) is 0.636. The SMILES string of the molecule is O=C(O)C(Cc1c[nH]cn1)NC1CCCC1. The Balaban J connectivity index is 1.91. The second-order valence-electron chi connectivity index (χ2n) is 4.30. The Morgan fingerprint density at radius 2 is 2.38 bits per heavy atom. The van der Waals surface area contributed by atoms with Crippen LogP contribution in [-0.4, -0.2) is 33.1 Å². The third-order valence-corrected chi connectivity index (χ3v) is 3.06. The number of aromatic nitrogens is 2. The fourth-order valence-corrected chi connectivity index (χ4v) is 2.21. The van der Waals surface area contributed by atoms with E-state index in [0.717, 1.165) is 18.5 Å². The molecule has 1 unspecified atom stereocenters. The molecule has 0 bridgehead atoms. The van der Waals surface area contributed by atoms with Crippen LogP contribution >= 0.6 is 0 Å². The van der Waals surface area contributed by atoms with E-state index < -0.39 is 12.0 Å². The third-order valence-electron chi connectivity index (χ3n) is 3.06. The quantitative estimate of drug-likeness (QED) is 0.694. The molecular formula is C11H17N3O2. The normalized spacial score (nSPS) is 18.8. The van der Waals surface area contributed by atoms with Gasteiger partial charge in [0.1, 0.15) is 6.04 Å². The van der Waals surface area contributed by atoms with Crippen LogP contribution in [0.5, 0.6) is 0 Å². The monoisotopic (exact) mass is 223 g/mol. The summed E-state index contributed by atoms with van der Waals surface area (Å²) < 4.78 is 0. The fourth-order valence-electron chi connectivity index (χ4n) is 2.21. The molecule has 1 aromatic rings. The van der Waals surface area contributed by atoms with E-state index in [1.165, 1.54) is 12.8 Å². The zero-order valence-corrected chi connectivity index (χ0v) is 9.15. The number of nitrogens with one attached hydrogen (secondary N) is 2. The first-order valence-electron chi connectivity index (χ1n) is 5.72. The summed E-state index contributed by atoms with van der Waals surface area (Å²) in [6.45, 7) is 0. The Morgan fingerprint density at radius 3 is 2.94 bits per heavy atom. The van der Waals surface area contributed by atoms with Crippen molar-refractivity contribution >= 4 is 5.97 Å². The number of carboxylic acids is 1. The number of carboxylic acid groups (broad SMARTS) is 1. The summed E-state index contributed by atoms with van der Waals surface area (Å²) in [4.78, 5) is 18.0. The summed E-state index contributed by atoms with van der Waals surface area (Å²) in [7, 11) is 0. The highest BCUT2D eigenvalue weighted by Gasteiger charge is 2.24. The average molecular weight is 223 g/mol. The van der Waals surface area contributed by atoms with Gasteiger partial charge in [-0.2, -0.15) is 0 Å². The molecule has 1 atom stereocenters. The molecule has 16 heavy (non-hydrogen) atoms. The summed E-state index contributed by atoms with van der Waals surface area (Å²) in [5.74, 6) is -0.796. The van der Waals surface area contributed by atoms with Gasteiger partial charge in [0.2, 0.25) is 0 Å². The number of imidazole rings is 1. The van der Waals surface area contributed by atoms with Crippen molar-refractivity contribution in [1.29, 1.82) is 0 Å². The third kappa shape index (κ3) is 2.82. The molecular weight excluding hydrogens is 206 g/mol. The minimum absolute atomic E-state index is 0.361. The van der Waals surface area contributed by atoms with E-state index in [4.69, 9.17) is 5.11 Å². The van der Waals surface area contributed by atoms with Crippen molar-refractivity contribution < 1.29 is 9.90 Å². The topological polar surface area (TPSA) is 78.0 Å². The van der Waals surface area contributed by atoms with Gasteiger partial charge >= 0.3 is 5.97 Å². The Labute approximate surface area is 94.3 Å². The molecule has 0 aromatic carbocycles. The predicted molar refractivity (Wildman–Crippen MR) is 59.1 cm³/mol. The molecule has 0 saturated heterocycles. The van der Waals surface area contributed by atoms with Gasteiger partial charge in [-0.1, -0.05) is 12.8 Å². The maximum atomic E-state index is 11.1. The summed E-state index contributed by atoms with van der Waals surface area (Å²) in [6, 6.07) is -0.161. The number of aliphatic carboxylic acids is 1. The van der Waals surface area contributed by atoms with Gasteiger partial charge in [0.05, 0.1) is 12.0 Å². The van der Waals surface area contributed by atoms with Crippen LogP contribution in [0, 0.1) is 0 Å². The molecule has 3 N–H and O–H groups in total. The number of rotatable bonds is 5. The molecule has 0 spiro atoms. The number of carbonyl (C=O) groups is 1. The maximum absolute atomic E-state index is 11.1. The molecule has 88 valence electrons. The molecule has 0 radical (unpaired) electrons. The molecule has 0 amide bonds. The second kappa shape index (κ2) is 5.12. The highest BCUT2D eigenvalue weighted by atomic mass is 16.4. The first-order valence-corrected chi connectivity index (χ1v) is 5.72. The second-order valence-corrected chi connectivity index (χ2v) is 4.30. The van der Waals surface area contributed by atoms with E-state index in [0.29, 0.717) is 12.5 Å². The molecule has 5 nitrogen and oxygen atoms in total. The molecule has 0 aliphatic heterocycles. The number of aromatic amines is 1.